The molecule has 0 saturated carbocycles. The zero-order valence-corrected chi connectivity index (χ0v) is 9.66. The summed E-state index contributed by atoms with van der Waals surface area (Å²) in [6.45, 7) is 0.392. The minimum Gasteiger partial charge on any atom is -0.490 e. The molecule has 0 fully saturated rings. The van der Waals surface area contributed by atoms with Gasteiger partial charge in [0, 0.05) is 6.42 Å². The molecule has 2 rings (SSSR count). The van der Waals surface area contributed by atoms with Gasteiger partial charge in [0.05, 0.1) is 16.7 Å². The maximum atomic E-state index is 5.93. The molecular weight excluding hydrogens is 251 g/mol. The number of H-pyrrole nitrogens is 1. The van der Waals surface area contributed by atoms with Crippen molar-refractivity contribution in [2.24, 2.45) is 0 Å². The first-order valence-electron chi connectivity index (χ1n) is 4.56. The maximum Gasteiger partial charge on any atom is 0.177 e. The zero-order chi connectivity index (χ0) is 11.4. The molecule has 0 aliphatic heterocycles. The van der Waals surface area contributed by atoms with Crippen LogP contribution in [0, 0.1) is 0 Å². The van der Waals surface area contributed by atoms with Gasteiger partial charge in [-0.15, -0.1) is 10.2 Å². The number of tetrazole rings is 1. The summed E-state index contributed by atoms with van der Waals surface area (Å²) in [5.41, 5.74) is 0. The highest BCUT2D eigenvalue weighted by Crippen LogP contribution is 2.32. The van der Waals surface area contributed by atoms with Crippen molar-refractivity contribution in [1.82, 2.24) is 20.6 Å². The fourth-order valence-electron chi connectivity index (χ4n) is 1.15. The number of aromatic amines is 1. The first kappa shape index (κ1) is 11.2. The van der Waals surface area contributed by atoms with E-state index in [0.29, 0.717) is 34.6 Å². The van der Waals surface area contributed by atoms with Gasteiger partial charge in [0.25, 0.3) is 0 Å². The molecule has 0 spiro atoms. The molecule has 0 amide bonds. The van der Waals surface area contributed by atoms with E-state index in [9.17, 15) is 0 Å². The van der Waals surface area contributed by atoms with Gasteiger partial charge in [-0.1, -0.05) is 34.5 Å². The molecule has 1 heterocycles. The number of benzene rings is 1. The second kappa shape index (κ2) is 5.14. The number of nitrogens with zero attached hydrogens (tertiary/aromatic N) is 3. The van der Waals surface area contributed by atoms with Crippen LogP contribution in [0.15, 0.2) is 18.2 Å². The van der Waals surface area contributed by atoms with Crippen LogP contribution in [0.5, 0.6) is 5.75 Å². The summed E-state index contributed by atoms with van der Waals surface area (Å²) in [5, 5.41) is 14.4. The molecule has 0 aliphatic rings. The van der Waals surface area contributed by atoms with Crippen molar-refractivity contribution in [3.63, 3.8) is 0 Å². The molecule has 0 saturated heterocycles. The lowest BCUT2D eigenvalue weighted by Gasteiger charge is -2.08. The van der Waals surface area contributed by atoms with Gasteiger partial charge in [0.1, 0.15) is 0 Å². The van der Waals surface area contributed by atoms with E-state index >= 15 is 0 Å². The molecule has 16 heavy (non-hydrogen) atoms. The Morgan fingerprint density at radius 1 is 1.25 bits per heavy atom. The van der Waals surface area contributed by atoms with Gasteiger partial charge >= 0.3 is 0 Å². The van der Waals surface area contributed by atoms with Crippen molar-refractivity contribution in [1.29, 1.82) is 0 Å². The summed E-state index contributed by atoms with van der Waals surface area (Å²) in [7, 11) is 0. The highest BCUT2D eigenvalue weighted by atomic mass is 35.5. The lowest BCUT2D eigenvalue weighted by atomic mass is 10.3. The Balaban J connectivity index is 1.95. The Labute approximate surface area is 102 Å². The van der Waals surface area contributed by atoms with Crippen LogP contribution in [0.4, 0.5) is 0 Å². The summed E-state index contributed by atoms with van der Waals surface area (Å²) in [6.07, 6.45) is 0.540. The minimum absolute atomic E-state index is 0.392. The van der Waals surface area contributed by atoms with Gasteiger partial charge in [0.15, 0.2) is 11.6 Å². The highest BCUT2D eigenvalue weighted by Gasteiger charge is 2.07. The van der Waals surface area contributed by atoms with Crippen LogP contribution in [0.2, 0.25) is 10.0 Å². The van der Waals surface area contributed by atoms with E-state index in [-0.39, 0.29) is 0 Å². The molecule has 1 aromatic heterocycles. The van der Waals surface area contributed by atoms with Crippen LogP contribution in [0.3, 0.4) is 0 Å². The highest BCUT2D eigenvalue weighted by molar-refractivity contribution is 6.37. The first-order valence-corrected chi connectivity index (χ1v) is 5.32. The number of ether oxygens (including phenoxy) is 1. The molecule has 1 aromatic carbocycles. The van der Waals surface area contributed by atoms with E-state index < -0.39 is 0 Å². The van der Waals surface area contributed by atoms with E-state index in [1.165, 1.54) is 0 Å². The van der Waals surface area contributed by atoms with Crippen LogP contribution in [-0.2, 0) is 6.42 Å². The number of aromatic nitrogens is 4. The third-order valence-corrected chi connectivity index (χ3v) is 2.48. The predicted molar refractivity (Wildman–Crippen MR) is 59.8 cm³/mol. The molecule has 1 N–H and O–H groups in total. The van der Waals surface area contributed by atoms with Crippen molar-refractivity contribution in [3.05, 3.63) is 34.1 Å². The Morgan fingerprint density at radius 3 is 2.62 bits per heavy atom. The van der Waals surface area contributed by atoms with Crippen molar-refractivity contribution in [2.75, 3.05) is 6.61 Å². The largest absolute Gasteiger partial charge is 0.490 e. The molecule has 0 unspecified atom stereocenters. The van der Waals surface area contributed by atoms with Crippen molar-refractivity contribution in [2.45, 2.75) is 6.42 Å². The Kier molecular flexibility index (Phi) is 3.58. The molecule has 0 atom stereocenters. The lowest BCUT2D eigenvalue weighted by Crippen LogP contribution is -2.03. The Hall–Kier alpha value is -1.33. The SMILES string of the molecule is Clc1cccc(Cl)c1OCCc1nn[nH]n1. The van der Waals surface area contributed by atoms with Gasteiger partial charge in [0.2, 0.25) is 0 Å². The summed E-state index contributed by atoms with van der Waals surface area (Å²) in [6, 6.07) is 5.20. The second-order valence-electron chi connectivity index (χ2n) is 2.98. The summed E-state index contributed by atoms with van der Waals surface area (Å²) in [5.74, 6) is 1.07. The predicted octanol–water partition coefficient (Wildman–Crippen LogP) is 2.13. The Bertz CT molecular complexity index is 440. The number of hydrogen-bond acceptors (Lipinski definition) is 4. The quantitative estimate of drug-likeness (QED) is 0.913. The van der Waals surface area contributed by atoms with Crippen molar-refractivity contribution in [3.8, 4) is 5.75 Å². The summed E-state index contributed by atoms with van der Waals surface area (Å²) >= 11 is 11.9. The standard InChI is InChI=1S/C9H8Cl2N4O/c10-6-2-1-3-7(11)9(6)16-5-4-8-12-14-15-13-8/h1-3H,4-5H2,(H,12,13,14,15). The summed E-state index contributed by atoms with van der Waals surface area (Å²) in [4.78, 5) is 0. The van der Waals surface area contributed by atoms with Crippen LogP contribution in [0.1, 0.15) is 5.82 Å². The van der Waals surface area contributed by atoms with Crippen LogP contribution in [-0.4, -0.2) is 27.2 Å². The average molecular weight is 259 g/mol. The van der Waals surface area contributed by atoms with Crippen LogP contribution in [0.25, 0.3) is 0 Å². The van der Waals surface area contributed by atoms with Crippen LogP contribution < -0.4 is 4.74 Å². The normalized spacial score (nSPS) is 10.4. The minimum atomic E-state index is 0.392. The van der Waals surface area contributed by atoms with E-state index in [1.54, 1.807) is 18.2 Å². The lowest BCUT2D eigenvalue weighted by molar-refractivity contribution is 0.319. The summed E-state index contributed by atoms with van der Waals surface area (Å²) < 4.78 is 5.46. The number of hydrogen-bond donors (Lipinski definition) is 1. The van der Waals surface area contributed by atoms with E-state index in [0.717, 1.165) is 0 Å². The van der Waals surface area contributed by atoms with E-state index in [4.69, 9.17) is 27.9 Å². The molecule has 0 bridgehead atoms. The molecule has 0 aliphatic carbocycles. The zero-order valence-electron chi connectivity index (χ0n) is 8.15. The number of halogens is 2. The average Bonchev–Trinajstić information content (AvgIpc) is 2.75. The number of nitrogens with one attached hydrogen (secondary N) is 1. The van der Waals surface area contributed by atoms with Gasteiger partial charge in [-0.3, -0.25) is 0 Å². The van der Waals surface area contributed by atoms with Gasteiger partial charge < -0.3 is 4.74 Å². The second-order valence-corrected chi connectivity index (χ2v) is 3.79. The number of rotatable bonds is 4. The smallest absolute Gasteiger partial charge is 0.177 e. The van der Waals surface area contributed by atoms with Gasteiger partial charge in [-0.25, -0.2) is 0 Å². The fourth-order valence-corrected chi connectivity index (χ4v) is 1.66. The van der Waals surface area contributed by atoms with Gasteiger partial charge in [-0.2, -0.15) is 5.21 Å². The molecule has 7 heteroatoms. The third kappa shape index (κ3) is 2.62. The topological polar surface area (TPSA) is 63.7 Å². The Morgan fingerprint density at radius 2 is 2.00 bits per heavy atom. The number of para-hydroxylation sites is 1. The third-order valence-electron chi connectivity index (χ3n) is 1.88. The van der Waals surface area contributed by atoms with Crippen LogP contribution >= 0.6 is 23.2 Å². The van der Waals surface area contributed by atoms with E-state index in [1.807, 2.05) is 0 Å². The van der Waals surface area contributed by atoms with Crippen molar-refractivity contribution >= 4 is 23.2 Å². The van der Waals surface area contributed by atoms with Crippen molar-refractivity contribution < 1.29 is 4.74 Å². The maximum absolute atomic E-state index is 5.93. The fraction of sp³-hybridized carbons (Fsp3) is 0.222. The first-order chi connectivity index (χ1) is 7.77. The van der Waals surface area contributed by atoms with Gasteiger partial charge in [-0.05, 0) is 12.1 Å². The molecule has 84 valence electrons. The molecule has 5 nitrogen and oxygen atoms in total. The molecule has 2 aromatic rings. The van der Waals surface area contributed by atoms with E-state index in [2.05, 4.69) is 20.6 Å². The monoisotopic (exact) mass is 258 g/mol. The molecular formula is C9H8Cl2N4O. The molecule has 0 radical (unpaired) electrons.